The molecule has 1 aromatic heterocycles. The Hall–Kier alpha value is -4.68. The molecule has 34 heavy (non-hydrogen) atoms. The number of aromatic nitrogens is 2. The van der Waals surface area contributed by atoms with Gasteiger partial charge in [0.05, 0.1) is 11.0 Å². The first-order chi connectivity index (χ1) is 16.4. The zero-order chi connectivity index (χ0) is 24.1. The van der Waals surface area contributed by atoms with E-state index in [9.17, 15) is 14.4 Å². The SMILES string of the molecule is O=C(NO)NNC(=O)c1cccc(NC(=O)Nc2ccc(-c3ccc4[nH]c(=S)[nH]c4c3)cc2)c1. The number of carbonyl (C=O) groups excluding carboxylic acids is 3. The van der Waals surface area contributed by atoms with Crippen LogP contribution in [0.3, 0.4) is 0 Å². The highest BCUT2D eigenvalue weighted by Gasteiger charge is 2.09. The van der Waals surface area contributed by atoms with Crippen LogP contribution in [0.25, 0.3) is 22.2 Å². The number of aromatic amines is 2. The molecule has 0 radical (unpaired) electrons. The largest absolute Gasteiger partial charge is 0.357 e. The molecule has 0 aliphatic heterocycles. The van der Waals surface area contributed by atoms with E-state index in [2.05, 4.69) is 26.0 Å². The molecule has 0 atom stereocenters. The van der Waals surface area contributed by atoms with Crippen molar-refractivity contribution < 1.29 is 19.6 Å². The maximum Gasteiger partial charge on any atom is 0.357 e. The lowest BCUT2D eigenvalue weighted by Crippen LogP contribution is -2.46. The van der Waals surface area contributed by atoms with Gasteiger partial charge in [-0.2, -0.15) is 0 Å². The van der Waals surface area contributed by atoms with Crippen LogP contribution in [0.5, 0.6) is 0 Å². The molecule has 0 unspecified atom stereocenters. The maximum absolute atomic E-state index is 12.4. The van der Waals surface area contributed by atoms with Gasteiger partial charge < -0.3 is 20.6 Å². The van der Waals surface area contributed by atoms with Crippen molar-refractivity contribution in [3.05, 3.63) is 77.1 Å². The van der Waals surface area contributed by atoms with Crippen LogP contribution in [0.4, 0.5) is 21.0 Å². The number of nitrogens with one attached hydrogen (secondary N) is 7. The minimum Gasteiger partial charge on any atom is -0.331 e. The molecule has 0 saturated heterocycles. The van der Waals surface area contributed by atoms with Crippen LogP contribution < -0.4 is 27.0 Å². The first-order valence-electron chi connectivity index (χ1n) is 9.92. The highest BCUT2D eigenvalue weighted by atomic mass is 32.1. The lowest BCUT2D eigenvalue weighted by atomic mass is 10.0. The predicted molar refractivity (Wildman–Crippen MR) is 129 cm³/mol. The number of hydrogen-bond donors (Lipinski definition) is 8. The van der Waals surface area contributed by atoms with Crippen molar-refractivity contribution in [2.45, 2.75) is 0 Å². The summed E-state index contributed by atoms with van der Waals surface area (Å²) in [5.41, 5.74) is 10.3. The van der Waals surface area contributed by atoms with Crippen LogP contribution in [-0.2, 0) is 0 Å². The van der Waals surface area contributed by atoms with Crippen molar-refractivity contribution in [2.24, 2.45) is 0 Å². The van der Waals surface area contributed by atoms with Gasteiger partial charge in [0.1, 0.15) is 0 Å². The van der Waals surface area contributed by atoms with E-state index in [0.717, 1.165) is 22.2 Å². The second-order valence-corrected chi connectivity index (χ2v) is 7.51. The molecule has 1 heterocycles. The van der Waals surface area contributed by atoms with Crippen LogP contribution in [0, 0.1) is 4.77 Å². The van der Waals surface area contributed by atoms with Crippen molar-refractivity contribution >= 4 is 52.6 Å². The molecule has 0 aliphatic rings. The van der Waals surface area contributed by atoms with Crippen molar-refractivity contribution in [1.82, 2.24) is 26.3 Å². The van der Waals surface area contributed by atoms with Gasteiger partial charge in [-0.1, -0.05) is 24.3 Å². The Labute approximate surface area is 197 Å². The molecule has 0 aliphatic carbocycles. The van der Waals surface area contributed by atoms with Crippen LogP contribution in [0.1, 0.15) is 10.4 Å². The third-order valence-corrected chi connectivity index (χ3v) is 4.97. The van der Waals surface area contributed by atoms with E-state index < -0.39 is 18.0 Å². The second-order valence-electron chi connectivity index (χ2n) is 7.10. The number of H-pyrrole nitrogens is 2. The summed E-state index contributed by atoms with van der Waals surface area (Å²) in [6.45, 7) is 0. The standard InChI is InChI=1S/C22H19N7O4S/c30-19(27-28-21(32)29-33)14-2-1-3-16(10-14)24-20(31)23-15-7-4-12(5-8-15)13-6-9-17-18(11-13)26-22(34)25-17/h1-11,33H,(H,27,30)(H2,23,24,31)(H2,25,26,34)(H2,28,29,32). The van der Waals surface area contributed by atoms with Gasteiger partial charge >= 0.3 is 12.1 Å². The van der Waals surface area contributed by atoms with Gasteiger partial charge in [-0.3, -0.25) is 15.4 Å². The van der Waals surface area contributed by atoms with Crippen LogP contribution in [0.2, 0.25) is 0 Å². The molecular formula is C22H19N7O4S. The van der Waals surface area contributed by atoms with E-state index in [1.807, 2.05) is 35.8 Å². The third kappa shape index (κ3) is 5.38. The highest BCUT2D eigenvalue weighted by Crippen LogP contribution is 2.24. The normalized spacial score (nSPS) is 10.4. The number of urea groups is 2. The molecule has 0 spiro atoms. The van der Waals surface area contributed by atoms with Gasteiger partial charge in [0.25, 0.3) is 5.91 Å². The van der Waals surface area contributed by atoms with Gasteiger partial charge in [0.2, 0.25) is 0 Å². The highest BCUT2D eigenvalue weighted by molar-refractivity contribution is 7.71. The molecule has 3 aromatic carbocycles. The molecule has 172 valence electrons. The van der Waals surface area contributed by atoms with E-state index in [0.29, 0.717) is 16.1 Å². The van der Waals surface area contributed by atoms with Crippen LogP contribution >= 0.6 is 12.2 Å². The Morgan fingerprint density at radius 1 is 0.735 bits per heavy atom. The predicted octanol–water partition coefficient (Wildman–Crippen LogP) is 3.87. The minimum absolute atomic E-state index is 0.181. The maximum atomic E-state index is 12.4. The number of imidazole rings is 1. The van der Waals surface area contributed by atoms with E-state index in [1.54, 1.807) is 24.3 Å². The quantitative estimate of drug-likeness (QED) is 0.127. The smallest absolute Gasteiger partial charge is 0.331 e. The first kappa shape index (κ1) is 22.5. The average Bonchev–Trinajstić information content (AvgIpc) is 3.22. The molecule has 0 saturated carbocycles. The molecule has 0 fully saturated rings. The monoisotopic (exact) mass is 477 g/mol. The number of carbonyl (C=O) groups is 3. The van der Waals surface area contributed by atoms with Gasteiger partial charge in [0, 0.05) is 16.9 Å². The van der Waals surface area contributed by atoms with Gasteiger partial charge in [0.15, 0.2) is 4.77 Å². The Kier molecular flexibility index (Phi) is 6.52. The minimum atomic E-state index is -0.998. The second kappa shape index (κ2) is 9.85. The Balaban J connectivity index is 1.38. The molecule has 4 aromatic rings. The summed E-state index contributed by atoms with van der Waals surface area (Å²) in [5.74, 6) is -0.636. The summed E-state index contributed by atoms with van der Waals surface area (Å²) in [6, 6.07) is 17.9. The van der Waals surface area contributed by atoms with E-state index in [1.165, 1.54) is 17.6 Å². The zero-order valence-corrected chi connectivity index (χ0v) is 18.2. The fourth-order valence-electron chi connectivity index (χ4n) is 3.20. The number of anilines is 2. The molecular weight excluding hydrogens is 458 g/mol. The van der Waals surface area contributed by atoms with Gasteiger partial charge in [-0.25, -0.2) is 20.5 Å². The lowest BCUT2D eigenvalue weighted by molar-refractivity contribution is 0.0927. The third-order valence-electron chi connectivity index (χ3n) is 4.77. The number of amides is 5. The Bertz CT molecular complexity index is 1430. The summed E-state index contributed by atoms with van der Waals surface area (Å²) in [6.07, 6.45) is 0. The van der Waals surface area contributed by atoms with Crippen molar-refractivity contribution in [3.63, 3.8) is 0 Å². The molecule has 12 heteroatoms. The number of rotatable bonds is 4. The van der Waals surface area contributed by atoms with Crippen molar-refractivity contribution in [1.29, 1.82) is 0 Å². The summed E-state index contributed by atoms with van der Waals surface area (Å²) < 4.78 is 0.564. The van der Waals surface area contributed by atoms with E-state index >= 15 is 0 Å². The summed E-state index contributed by atoms with van der Waals surface area (Å²) in [4.78, 5) is 41.5. The van der Waals surface area contributed by atoms with Crippen molar-refractivity contribution in [2.75, 3.05) is 10.6 Å². The summed E-state index contributed by atoms with van der Waals surface area (Å²) in [5, 5.41) is 13.8. The zero-order valence-electron chi connectivity index (χ0n) is 17.4. The fraction of sp³-hybridized carbons (Fsp3) is 0. The molecule has 5 amide bonds. The lowest BCUT2D eigenvalue weighted by Gasteiger charge is -2.10. The average molecular weight is 478 g/mol. The first-order valence-corrected chi connectivity index (χ1v) is 10.3. The molecule has 0 bridgehead atoms. The number of benzene rings is 3. The molecule has 11 nitrogen and oxygen atoms in total. The fourth-order valence-corrected chi connectivity index (χ4v) is 3.42. The topological polar surface area (TPSA) is 163 Å². The van der Waals surface area contributed by atoms with Gasteiger partial charge in [-0.05, 0) is 65.8 Å². The Morgan fingerprint density at radius 2 is 1.44 bits per heavy atom. The Morgan fingerprint density at radius 3 is 2.21 bits per heavy atom. The number of hydrogen-bond acceptors (Lipinski definition) is 5. The number of hydroxylamine groups is 1. The van der Waals surface area contributed by atoms with Crippen LogP contribution in [-0.4, -0.2) is 33.1 Å². The summed E-state index contributed by atoms with van der Waals surface area (Å²) >= 11 is 5.12. The molecule has 8 N–H and O–H groups in total. The van der Waals surface area contributed by atoms with Crippen molar-refractivity contribution in [3.8, 4) is 11.1 Å². The number of fused-ring (bicyclic) bond motifs is 1. The van der Waals surface area contributed by atoms with Gasteiger partial charge in [-0.15, -0.1) is 0 Å². The van der Waals surface area contributed by atoms with E-state index in [4.69, 9.17) is 17.4 Å². The van der Waals surface area contributed by atoms with E-state index in [-0.39, 0.29) is 5.56 Å². The number of hydrazine groups is 1. The van der Waals surface area contributed by atoms with Crippen LogP contribution in [0.15, 0.2) is 66.7 Å². The summed E-state index contributed by atoms with van der Waals surface area (Å²) in [7, 11) is 0. The molecule has 4 rings (SSSR count).